The maximum absolute atomic E-state index is 11.6. The van der Waals surface area contributed by atoms with E-state index in [1.807, 2.05) is 26.0 Å². The van der Waals surface area contributed by atoms with Crippen LogP contribution in [0.5, 0.6) is 5.75 Å². The lowest BCUT2D eigenvalue weighted by Gasteiger charge is -2.15. The van der Waals surface area contributed by atoms with E-state index in [2.05, 4.69) is 0 Å². The van der Waals surface area contributed by atoms with E-state index in [-0.39, 0.29) is 11.7 Å². The summed E-state index contributed by atoms with van der Waals surface area (Å²) in [6.07, 6.45) is 1.61. The summed E-state index contributed by atoms with van der Waals surface area (Å²) in [4.78, 5) is 13.3. The van der Waals surface area contributed by atoms with Crippen molar-refractivity contribution >= 4 is 5.91 Å². The first-order chi connectivity index (χ1) is 7.49. The maximum atomic E-state index is 11.6. The van der Waals surface area contributed by atoms with E-state index in [1.54, 1.807) is 30.2 Å². The van der Waals surface area contributed by atoms with Crippen molar-refractivity contribution in [1.29, 1.82) is 0 Å². The van der Waals surface area contributed by atoms with Crippen LogP contribution in [-0.2, 0) is 11.3 Å². The molecule has 3 nitrogen and oxygen atoms in total. The number of hydrogen-bond acceptors (Lipinski definition) is 2. The Morgan fingerprint density at radius 3 is 2.38 bits per heavy atom. The van der Waals surface area contributed by atoms with Gasteiger partial charge in [-0.1, -0.05) is 17.7 Å². The Morgan fingerprint density at radius 1 is 1.31 bits per heavy atom. The van der Waals surface area contributed by atoms with E-state index in [9.17, 15) is 4.79 Å². The number of rotatable bonds is 3. The molecule has 3 heteroatoms. The first kappa shape index (κ1) is 12.3. The predicted molar refractivity (Wildman–Crippen MR) is 64.0 cm³/mol. The van der Waals surface area contributed by atoms with Crippen molar-refractivity contribution in [3.8, 4) is 5.75 Å². The van der Waals surface area contributed by atoms with Crippen molar-refractivity contribution in [2.45, 2.75) is 20.4 Å². The minimum Gasteiger partial charge on any atom is -0.508 e. The first-order valence-electron chi connectivity index (χ1n) is 5.17. The van der Waals surface area contributed by atoms with Gasteiger partial charge in [-0.25, -0.2) is 0 Å². The van der Waals surface area contributed by atoms with Gasteiger partial charge in [-0.3, -0.25) is 4.79 Å². The Balaban J connectivity index is 2.64. The van der Waals surface area contributed by atoms with E-state index in [0.717, 1.165) is 11.1 Å². The molecule has 16 heavy (non-hydrogen) atoms. The fraction of sp³-hybridized carbons (Fsp3) is 0.308. The van der Waals surface area contributed by atoms with Gasteiger partial charge >= 0.3 is 0 Å². The third kappa shape index (κ3) is 3.77. The molecule has 1 aromatic rings. The second-order valence-electron chi connectivity index (χ2n) is 4.08. The molecule has 0 spiro atoms. The molecule has 0 saturated heterocycles. The highest BCUT2D eigenvalue weighted by molar-refractivity contribution is 5.87. The number of carbonyl (C=O) groups is 1. The van der Waals surface area contributed by atoms with Crippen molar-refractivity contribution in [1.82, 2.24) is 4.90 Å². The molecule has 0 aliphatic heterocycles. The summed E-state index contributed by atoms with van der Waals surface area (Å²) >= 11 is 0. The van der Waals surface area contributed by atoms with Crippen LogP contribution < -0.4 is 0 Å². The third-order valence-corrected chi connectivity index (χ3v) is 2.14. The Hall–Kier alpha value is -1.77. The molecule has 0 atom stereocenters. The van der Waals surface area contributed by atoms with Crippen molar-refractivity contribution < 1.29 is 9.90 Å². The number of benzene rings is 1. The van der Waals surface area contributed by atoms with Gasteiger partial charge in [0, 0.05) is 19.7 Å². The van der Waals surface area contributed by atoms with E-state index < -0.39 is 0 Å². The molecule has 0 unspecified atom stereocenters. The van der Waals surface area contributed by atoms with Gasteiger partial charge in [0.2, 0.25) is 5.91 Å². The molecule has 0 saturated carbocycles. The van der Waals surface area contributed by atoms with Gasteiger partial charge in [-0.05, 0) is 31.5 Å². The van der Waals surface area contributed by atoms with Gasteiger partial charge in [-0.15, -0.1) is 0 Å². The van der Waals surface area contributed by atoms with Gasteiger partial charge < -0.3 is 10.0 Å². The Morgan fingerprint density at radius 2 is 1.88 bits per heavy atom. The number of phenols is 1. The highest BCUT2D eigenvalue weighted by Crippen LogP contribution is 2.11. The molecule has 1 amide bonds. The summed E-state index contributed by atoms with van der Waals surface area (Å²) < 4.78 is 0. The normalized spacial score (nSPS) is 9.69. The van der Waals surface area contributed by atoms with Crippen LogP contribution in [0.3, 0.4) is 0 Å². The number of allylic oxidation sites excluding steroid dienone is 1. The van der Waals surface area contributed by atoms with Crippen LogP contribution in [0.1, 0.15) is 19.4 Å². The highest BCUT2D eigenvalue weighted by atomic mass is 16.3. The SMILES string of the molecule is CC(C)=CC(=O)N(C)Cc1ccc(O)cc1. The zero-order chi connectivity index (χ0) is 12.1. The summed E-state index contributed by atoms with van der Waals surface area (Å²) in [6.45, 7) is 4.33. The number of likely N-dealkylation sites (N-methyl/N-ethyl adjacent to an activating group) is 1. The fourth-order valence-corrected chi connectivity index (χ4v) is 1.31. The molecule has 0 aliphatic rings. The van der Waals surface area contributed by atoms with E-state index in [0.29, 0.717) is 6.54 Å². The second kappa shape index (κ2) is 5.35. The lowest BCUT2D eigenvalue weighted by molar-refractivity contribution is -0.125. The van der Waals surface area contributed by atoms with Crippen molar-refractivity contribution in [2.75, 3.05) is 7.05 Å². The molecule has 0 fully saturated rings. The zero-order valence-electron chi connectivity index (χ0n) is 9.90. The second-order valence-corrected chi connectivity index (χ2v) is 4.08. The molecule has 1 aromatic carbocycles. The number of aromatic hydroxyl groups is 1. The summed E-state index contributed by atoms with van der Waals surface area (Å²) in [5.41, 5.74) is 1.98. The van der Waals surface area contributed by atoms with E-state index in [1.165, 1.54) is 0 Å². The maximum Gasteiger partial charge on any atom is 0.246 e. The van der Waals surface area contributed by atoms with Gasteiger partial charge in [-0.2, -0.15) is 0 Å². The average molecular weight is 219 g/mol. The number of carbonyl (C=O) groups excluding carboxylic acids is 1. The molecule has 0 radical (unpaired) electrons. The molecule has 86 valence electrons. The first-order valence-corrected chi connectivity index (χ1v) is 5.17. The smallest absolute Gasteiger partial charge is 0.246 e. The average Bonchev–Trinajstić information content (AvgIpc) is 2.20. The van der Waals surface area contributed by atoms with Crippen LogP contribution in [0.15, 0.2) is 35.9 Å². The number of nitrogens with zero attached hydrogens (tertiary/aromatic N) is 1. The standard InChI is InChI=1S/C13H17NO2/c1-10(2)8-13(16)14(3)9-11-4-6-12(15)7-5-11/h4-8,15H,9H2,1-3H3. The van der Waals surface area contributed by atoms with Gasteiger partial charge in [0.15, 0.2) is 0 Å². The molecular weight excluding hydrogens is 202 g/mol. The van der Waals surface area contributed by atoms with Crippen LogP contribution >= 0.6 is 0 Å². The van der Waals surface area contributed by atoms with Crippen LogP contribution in [0.2, 0.25) is 0 Å². The minimum atomic E-state index is -0.00641. The fourth-order valence-electron chi connectivity index (χ4n) is 1.31. The number of phenolic OH excluding ortho intramolecular Hbond substituents is 1. The third-order valence-electron chi connectivity index (χ3n) is 2.14. The van der Waals surface area contributed by atoms with E-state index in [4.69, 9.17) is 5.11 Å². The largest absolute Gasteiger partial charge is 0.508 e. The molecule has 0 aliphatic carbocycles. The molecule has 0 aromatic heterocycles. The van der Waals surface area contributed by atoms with E-state index >= 15 is 0 Å². The van der Waals surface area contributed by atoms with Gasteiger partial charge in [0.05, 0.1) is 0 Å². The molecule has 1 rings (SSSR count). The topological polar surface area (TPSA) is 40.5 Å². The van der Waals surface area contributed by atoms with Crippen molar-refractivity contribution in [2.24, 2.45) is 0 Å². The monoisotopic (exact) mass is 219 g/mol. The molecule has 1 N–H and O–H groups in total. The predicted octanol–water partition coefficient (Wildman–Crippen LogP) is 2.32. The summed E-state index contributed by atoms with van der Waals surface area (Å²) in [6, 6.07) is 6.85. The Labute approximate surface area is 96.0 Å². The molecular formula is C13H17NO2. The van der Waals surface area contributed by atoms with Gasteiger partial charge in [0.1, 0.15) is 5.75 Å². The summed E-state index contributed by atoms with van der Waals surface area (Å²) in [5.74, 6) is 0.232. The van der Waals surface area contributed by atoms with Crippen LogP contribution in [0, 0.1) is 0 Å². The van der Waals surface area contributed by atoms with Gasteiger partial charge in [0.25, 0.3) is 0 Å². The minimum absolute atomic E-state index is 0.00641. The van der Waals surface area contributed by atoms with Crippen molar-refractivity contribution in [3.63, 3.8) is 0 Å². The zero-order valence-corrected chi connectivity index (χ0v) is 9.90. The van der Waals surface area contributed by atoms with Crippen molar-refractivity contribution in [3.05, 3.63) is 41.5 Å². The molecule has 0 bridgehead atoms. The lowest BCUT2D eigenvalue weighted by atomic mass is 10.2. The quantitative estimate of drug-likeness (QED) is 0.792. The lowest BCUT2D eigenvalue weighted by Crippen LogP contribution is -2.24. The summed E-state index contributed by atoms with van der Waals surface area (Å²) in [5, 5.41) is 9.13. The summed E-state index contributed by atoms with van der Waals surface area (Å²) in [7, 11) is 1.76. The van der Waals surface area contributed by atoms with Crippen LogP contribution in [-0.4, -0.2) is 23.0 Å². The molecule has 0 heterocycles. The number of hydrogen-bond donors (Lipinski definition) is 1. The Kier molecular flexibility index (Phi) is 4.11. The number of amides is 1. The van der Waals surface area contributed by atoms with Crippen LogP contribution in [0.4, 0.5) is 0 Å². The highest BCUT2D eigenvalue weighted by Gasteiger charge is 2.05. The Bertz CT molecular complexity index is 389. The van der Waals surface area contributed by atoms with Crippen LogP contribution in [0.25, 0.3) is 0 Å².